The Bertz CT molecular complexity index is 747. The lowest BCUT2D eigenvalue weighted by Crippen LogP contribution is -2.32. The van der Waals surface area contributed by atoms with Gasteiger partial charge in [-0.25, -0.2) is 0 Å². The summed E-state index contributed by atoms with van der Waals surface area (Å²) in [5.74, 6) is 0.500. The van der Waals surface area contributed by atoms with Gasteiger partial charge >= 0.3 is 0 Å². The minimum Gasteiger partial charge on any atom is -0.389 e. The molecular formula is C22H29NO3. The van der Waals surface area contributed by atoms with Crippen LogP contribution in [0.15, 0.2) is 29.8 Å². The van der Waals surface area contributed by atoms with Crippen molar-refractivity contribution in [1.29, 1.82) is 0 Å². The van der Waals surface area contributed by atoms with Gasteiger partial charge in [-0.05, 0) is 54.0 Å². The largest absolute Gasteiger partial charge is 0.389 e. The Morgan fingerprint density at radius 1 is 1.27 bits per heavy atom. The van der Waals surface area contributed by atoms with Crippen LogP contribution >= 0.6 is 0 Å². The summed E-state index contributed by atoms with van der Waals surface area (Å²) < 4.78 is 0. The van der Waals surface area contributed by atoms with Crippen molar-refractivity contribution < 1.29 is 14.7 Å². The van der Waals surface area contributed by atoms with Crippen LogP contribution < -0.4 is 0 Å². The van der Waals surface area contributed by atoms with Crippen molar-refractivity contribution >= 4 is 17.6 Å². The maximum atomic E-state index is 12.9. The molecule has 140 valence electrons. The predicted octanol–water partition coefficient (Wildman–Crippen LogP) is 3.09. The van der Waals surface area contributed by atoms with E-state index in [1.807, 2.05) is 36.2 Å². The van der Waals surface area contributed by atoms with Crippen LogP contribution in [-0.2, 0) is 16.1 Å². The molecule has 3 rings (SSSR count). The molecule has 0 aromatic heterocycles. The van der Waals surface area contributed by atoms with Gasteiger partial charge < -0.3 is 5.11 Å². The molecule has 2 fully saturated rings. The molecule has 0 radical (unpaired) electrons. The van der Waals surface area contributed by atoms with E-state index in [9.17, 15) is 9.59 Å². The number of rotatable bonds is 6. The topological polar surface area (TPSA) is 57.6 Å². The Labute approximate surface area is 155 Å². The first-order chi connectivity index (χ1) is 12.2. The number of aliphatic hydroxyl groups excluding tert-OH is 1. The molecule has 2 aliphatic carbocycles. The molecule has 1 aromatic carbocycles. The fourth-order valence-corrected chi connectivity index (χ4v) is 4.71. The highest BCUT2D eigenvalue weighted by molar-refractivity contribution is 6.07. The van der Waals surface area contributed by atoms with Crippen LogP contribution in [0.1, 0.15) is 44.7 Å². The lowest BCUT2D eigenvalue weighted by molar-refractivity contribution is -0.125. The molecule has 4 heteroatoms. The van der Waals surface area contributed by atoms with Crippen LogP contribution in [0.2, 0.25) is 0 Å². The van der Waals surface area contributed by atoms with E-state index in [2.05, 4.69) is 26.8 Å². The van der Waals surface area contributed by atoms with Gasteiger partial charge in [0.2, 0.25) is 0 Å². The number of ketones is 2. The monoisotopic (exact) mass is 355 g/mol. The van der Waals surface area contributed by atoms with E-state index in [0.29, 0.717) is 18.2 Å². The molecular weight excluding hydrogens is 326 g/mol. The van der Waals surface area contributed by atoms with Crippen LogP contribution in [0.25, 0.3) is 6.08 Å². The highest BCUT2D eigenvalue weighted by Gasteiger charge is 2.63. The van der Waals surface area contributed by atoms with Crippen molar-refractivity contribution in [3.05, 3.63) is 41.0 Å². The smallest absolute Gasteiger partial charge is 0.172 e. The molecule has 2 saturated carbocycles. The summed E-state index contributed by atoms with van der Waals surface area (Å²) in [5, 5.41) is 8.83. The third kappa shape index (κ3) is 3.06. The zero-order valence-electron chi connectivity index (χ0n) is 16.2. The lowest BCUT2D eigenvalue weighted by atomic mass is 9.70. The highest BCUT2D eigenvalue weighted by Crippen LogP contribution is 2.65. The quantitative estimate of drug-likeness (QED) is 0.797. The molecule has 1 N–H and O–H groups in total. The number of carbonyl (C=O) groups is 2. The fraction of sp³-hybridized carbons (Fsp3) is 0.545. The van der Waals surface area contributed by atoms with E-state index in [1.54, 1.807) is 0 Å². The van der Waals surface area contributed by atoms with Gasteiger partial charge in [0, 0.05) is 12.0 Å². The summed E-state index contributed by atoms with van der Waals surface area (Å²) in [4.78, 5) is 26.1. The number of hydrogen-bond donors (Lipinski definition) is 1. The first-order valence-electron chi connectivity index (χ1n) is 9.35. The molecule has 0 heterocycles. The molecule has 4 nitrogen and oxygen atoms in total. The number of fused-ring (bicyclic) bond motifs is 2. The Morgan fingerprint density at radius 2 is 1.92 bits per heavy atom. The molecule has 26 heavy (non-hydrogen) atoms. The Morgan fingerprint density at radius 3 is 2.46 bits per heavy atom. The predicted molar refractivity (Wildman–Crippen MR) is 102 cm³/mol. The average molecular weight is 355 g/mol. The van der Waals surface area contributed by atoms with Gasteiger partial charge in [-0.1, -0.05) is 45.0 Å². The van der Waals surface area contributed by atoms with E-state index in [4.69, 9.17) is 5.11 Å². The van der Waals surface area contributed by atoms with Gasteiger partial charge in [0.15, 0.2) is 11.6 Å². The maximum Gasteiger partial charge on any atom is 0.172 e. The van der Waals surface area contributed by atoms with E-state index < -0.39 is 6.61 Å². The number of carbonyl (C=O) groups excluding carboxylic acids is 2. The molecule has 0 amide bonds. The second-order valence-electron chi connectivity index (χ2n) is 8.68. The number of likely N-dealkylation sites (N-methyl/N-ethyl adjacent to an activating group) is 1. The summed E-state index contributed by atoms with van der Waals surface area (Å²) in [6.07, 6.45) is 4.17. The molecule has 0 saturated heterocycles. The number of nitrogens with zero attached hydrogens (tertiary/aromatic N) is 1. The number of aliphatic hydroxyl groups is 1. The van der Waals surface area contributed by atoms with E-state index in [-0.39, 0.29) is 23.2 Å². The molecule has 2 unspecified atom stereocenters. The first kappa shape index (κ1) is 19.0. The minimum absolute atomic E-state index is 0.0395. The number of allylic oxidation sites excluding steroid dienone is 1. The zero-order chi connectivity index (χ0) is 19.1. The lowest BCUT2D eigenvalue weighted by Gasteiger charge is -2.31. The Hall–Kier alpha value is -1.78. The highest BCUT2D eigenvalue weighted by atomic mass is 16.3. The van der Waals surface area contributed by atoms with Crippen molar-refractivity contribution in [3.63, 3.8) is 0 Å². The standard InChI is InChI=1S/C22H29NO3/c1-21(2)19-9-10-22(21,3)20(26)18(19)11-15-5-7-16(8-6-15)12-23(4)13-17(25)14-24/h5-8,11,19,24H,9-10,12-14H2,1-4H3. The Kier molecular flexibility index (Phi) is 4.93. The summed E-state index contributed by atoms with van der Waals surface area (Å²) >= 11 is 0. The molecule has 2 bridgehead atoms. The van der Waals surface area contributed by atoms with Crippen LogP contribution in [-0.4, -0.2) is 41.8 Å². The van der Waals surface area contributed by atoms with Crippen molar-refractivity contribution in [1.82, 2.24) is 4.90 Å². The van der Waals surface area contributed by atoms with Gasteiger partial charge in [0.25, 0.3) is 0 Å². The molecule has 0 spiro atoms. The van der Waals surface area contributed by atoms with Crippen molar-refractivity contribution in [2.24, 2.45) is 16.7 Å². The van der Waals surface area contributed by atoms with Crippen LogP contribution in [0, 0.1) is 16.7 Å². The van der Waals surface area contributed by atoms with Gasteiger partial charge in [0.05, 0.1) is 6.54 Å². The summed E-state index contributed by atoms with van der Waals surface area (Å²) in [6, 6.07) is 8.16. The summed E-state index contributed by atoms with van der Waals surface area (Å²) in [5.41, 5.74) is 2.97. The van der Waals surface area contributed by atoms with E-state index in [1.165, 1.54) is 0 Å². The van der Waals surface area contributed by atoms with Gasteiger partial charge in [0.1, 0.15) is 6.61 Å². The van der Waals surface area contributed by atoms with Crippen LogP contribution in [0.4, 0.5) is 0 Å². The van der Waals surface area contributed by atoms with E-state index >= 15 is 0 Å². The van der Waals surface area contributed by atoms with E-state index in [0.717, 1.165) is 29.5 Å². The SMILES string of the molecule is CN(CC(=O)CO)Cc1ccc(C=C2C(=O)C3(C)CCC2C3(C)C)cc1. The maximum absolute atomic E-state index is 12.9. The molecule has 0 aliphatic heterocycles. The first-order valence-corrected chi connectivity index (χ1v) is 9.35. The van der Waals surface area contributed by atoms with Gasteiger partial charge in [-0.2, -0.15) is 0 Å². The fourth-order valence-electron chi connectivity index (χ4n) is 4.71. The number of Topliss-reactive ketones (excluding diaryl/α,β-unsaturated/α-hetero) is 2. The second kappa shape index (κ2) is 6.75. The van der Waals surface area contributed by atoms with Crippen LogP contribution in [0.5, 0.6) is 0 Å². The van der Waals surface area contributed by atoms with Crippen molar-refractivity contribution in [2.75, 3.05) is 20.2 Å². The Balaban J connectivity index is 1.73. The minimum atomic E-state index is -0.415. The number of benzene rings is 1. The summed E-state index contributed by atoms with van der Waals surface area (Å²) in [6.45, 7) is 7.07. The third-order valence-electron chi connectivity index (χ3n) is 6.74. The molecule has 2 aliphatic rings. The second-order valence-corrected chi connectivity index (χ2v) is 8.68. The third-order valence-corrected chi connectivity index (χ3v) is 6.74. The average Bonchev–Trinajstić information content (AvgIpc) is 2.90. The van der Waals surface area contributed by atoms with Gasteiger partial charge in [-0.15, -0.1) is 0 Å². The summed E-state index contributed by atoms with van der Waals surface area (Å²) in [7, 11) is 1.86. The van der Waals surface area contributed by atoms with Crippen molar-refractivity contribution in [3.8, 4) is 0 Å². The molecule has 2 atom stereocenters. The number of hydrogen-bond acceptors (Lipinski definition) is 4. The zero-order valence-corrected chi connectivity index (χ0v) is 16.2. The normalized spacial score (nSPS) is 28.3. The van der Waals surface area contributed by atoms with Crippen molar-refractivity contribution in [2.45, 2.75) is 40.2 Å². The molecule has 1 aromatic rings. The van der Waals surface area contributed by atoms with Crippen LogP contribution in [0.3, 0.4) is 0 Å². The van der Waals surface area contributed by atoms with Gasteiger partial charge in [-0.3, -0.25) is 14.5 Å².